The van der Waals surface area contributed by atoms with E-state index in [1.54, 1.807) is 0 Å². The molecule has 0 fully saturated rings. The maximum atomic E-state index is 11.6. The van der Waals surface area contributed by atoms with Crippen LogP contribution in [-0.2, 0) is 9.59 Å². The Balaban J connectivity index is 4.11. The van der Waals surface area contributed by atoms with Gasteiger partial charge in [0.2, 0.25) is 5.91 Å². The van der Waals surface area contributed by atoms with Gasteiger partial charge in [0.1, 0.15) is 6.54 Å². The summed E-state index contributed by atoms with van der Waals surface area (Å²) in [6.45, 7) is 4.19. The molecule has 5 heteroatoms. The highest BCUT2D eigenvalue weighted by atomic mass is 16.4. The molecule has 0 bridgehead atoms. The second kappa shape index (κ2) is 7.23. The molecular formula is C10H20N2O3. The molecule has 0 atom stereocenters. The van der Waals surface area contributed by atoms with Gasteiger partial charge in [0, 0.05) is 12.5 Å². The van der Waals surface area contributed by atoms with Crippen LogP contribution in [-0.4, -0.2) is 48.1 Å². The van der Waals surface area contributed by atoms with Crippen molar-refractivity contribution in [3.63, 3.8) is 0 Å². The number of amides is 1. The average molecular weight is 216 g/mol. The van der Waals surface area contributed by atoms with Crippen molar-refractivity contribution in [2.45, 2.75) is 32.7 Å². The van der Waals surface area contributed by atoms with E-state index in [0.717, 1.165) is 13.0 Å². The third-order valence-electron chi connectivity index (χ3n) is 2.07. The van der Waals surface area contributed by atoms with Gasteiger partial charge in [0.05, 0.1) is 0 Å². The second-order valence-electron chi connectivity index (χ2n) is 3.72. The summed E-state index contributed by atoms with van der Waals surface area (Å²) >= 11 is 0. The van der Waals surface area contributed by atoms with Gasteiger partial charge in [0.25, 0.3) is 0 Å². The van der Waals surface area contributed by atoms with E-state index in [2.05, 4.69) is 5.32 Å². The van der Waals surface area contributed by atoms with E-state index in [1.165, 1.54) is 4.90 Å². The molecule has 0 unspecified atom stereocenters. The van der Waals surface area contributed by atoms with Gasteiger partial charge in [-0.3, -0.25) is 9.59 Å². The zero-order chi connectivity index (χ0) is 11.8. The summed E-state index contributed by atoms with van der Waals surface area (Å²) in [5, 5.41) is 11.6. The van der Waals surface area contributed by atoms with E-state index in [9.17, 15) is 9.59 Å². The Bertz CT molecular complexity index is 217. The lowest BCUT2D eigenvalue weighted by atomic mass is 10.2. The molecule has 0 spiro atoms. The summed E-state index contributed by atoms with van der Waals surface area (Å²) in [5.74, 6) is -1.06. The van der Waals surface area contributed by atoms with E-state index in [-0.39, 0.29) is 18.5 Å². The molecule has 88 valence electrons. The first-order valence-corrected chi connectivity index (χ1v) is 5.15. The number of rotatable bonds is 7. The summed E-state index contributed by atoms with van der Waals surface area (Å²) in [7, 11) is 1.82. The smallest absolute Gasteiger partial charge is 0.323 e. The number of nitrogens with one attached hydrogen (secondary N) is 1. The second-order valence-corrected chi connectivity index (χ2v) is 3.72. The van der Waals surface area contributed by atoms with E-state index in [1.807, 2.05) is 20.9 Å². The van der Waals surface area contributed by atoms with Crippen LogP contribution in [0.15, 0.2) is 0 Å². The van der Waals surface area contributed by atoms with Crippen molar-refractivity contribution >= 4 is 11.9 Å². The molecule has 0 radical (unpaired) electrons. The minimum atomic E-state index is -0.967. The predicted molar refractivity (Wildman–Crippen MR) is 57.6 cm³/mol. The highest BCUT2D eigenvalue weighted by Gasteiger charge is 2.18. The molecule has 0 aliphatic carbocycles. The quantitative estimate of drug-likeness (QED) is 0.601. The van der Waals surface area contributed by atoms with Gasteiger partial charge < -0.3 is 15.3 Å². The number of carboxylic acid groups (broad SMARTS) is 1. The van der Waals surface area contributed by atoms with Crippen LogP contribution in [0.2, 0.25) is 0 Å². The SMILES string of the molecule is CNCCCC(=O)N(CC(=O)O)C(C)C. The largest absolute Gasteiger partial charge is 0.480 e. The lowest BCUT2D eigenvalue weighted by molar-refractivity contribution is -0.145. The third kappa shape index (κ3) is 6.06. The first-order chi connectivity index (χ1) is 6.99. The number of carbonyl (C=O) groups excluding carboxylic acids is 1. The minimum absolute atomic E-state index is 0.0665. The molecular weight excluding hydrogens is 196 g/mol. The molecule has 0 aromatic heterocycles. The predicted octanol–water partition coefficient (Wildman–Crippen LogP) is 0.308. The molecule has 2 N–H and O–H groups in total. The van der Waals surface area contributed by atoms with E-state index in [0.29, 0.717) is 6.42 Å². The molecule has 0 aliphatic heterocycles. The van der Waals surface area contributed by atoms with Gasteiger partial charge >= 0.3 is 5.97 Å². The van der Waals surface area contributed by atoms with Crippen LogP contribution in [0.1, 0.15) is 26.7 Å². The van der Waals surface area contributed by atoms with Crippen molar-refractivity contribution in [3.05, 3.63) is 0 Å². The van der Waals surface area contributed by atoms with E-state index >= 15 is 0 Å². The van der Waals surface area contributed by atoms with Crippen molar-refractivity contribution in [3.8, 4) is 0 Å². The van der Waals surface area contributed by atoms with Crippen LogP contribution < -0.4 is 5.32 Å². The Morgan fingerprint density at radius 2 is 2.00 bits per heavy atom. The van der Waals surface area contributed by atoms with Crippen LogP contribution >= 0.6 is 0 Å². The summed E-state index contributed by atoms with van der Waals surface area (Å²) in [6.07, 6.45) is 1.13. The fraction of sp³-hybridized carbons (Fsp3) is 0.800. The van der Waals surface area contributed by atoms with Gasteiger partial charge in [-0.25, -0.2) is 0 Å². The van der Waals surface area contributed by atoms with Gasteiger partial charge in [-0.2, -0.15) is 0 Å². The molecule has 0 saturated heterocycles. The topological polar surface area (TPSA) is 69.6 Å². The Morgan fingerprint density at radius 1 is 1.40 bits per heavy atom. The number of aliphatic carboxylic acids is 1. The fourth-order valence-electron chi connectivity index (χ4n) is 1.26. The standard InChI is InChI=1S/C10H20N2O3/c1-8(2)12(7-10(14)15)9(13)5-4-6-11-3/h8,11H,4-7H2,1-3H3,(H,14,15). The highest BCUT2D eigenvalue weighted by molar-refractivity contribution is 5.81. The monoisotopic (exact) mass is 216 g/mol. The number of hydrogen-bond acceptors (Lipinski definition) is 3. The van der Waals surface area contributed by atoms with Crippen molar-refractivity contribution in [2.75, 3.05) is 20.1 Å². The van der Waals surface area contributed by atoms with Crippen LogP contribution in [0.25, 0.3) is 0 Å². The lowest BCUT2D eigenvalue weighted by Crippen LogP contribution is -2.40. The Hall–Kier alpha value is -1.10. The number of carbonyl (C=O) groups is 2. The summed E-state index contributed by atoms with van der Waals surface area (Å²) in [6, 6.07) is -0.0665. The zero-order valence-electron chi connectivity index (χ0n) is 9.62. The number of nitrogens with zero attached hydrogens (tertiary/aromatic N) is 1. The van der Waals surface area contributed by atoms with Crippen molar-refractivity contribution < 1.29 is 14.7 Å². The molecule has 0 aliphatic rings. The van der Waals surface area contributed by atoms with Crippen LogP contribution in [0.3, 0.4) is 0 Å². The van der Waals surface area contributed by atoms with E-state index < -0.39 is 5.97 Å². The van der Waals surface area contributed by atoms with Crippen molar-refractivity contribution in [1.29, 1.82) is 0 Å². The maximum Gasteiger partial charge on any atom is 0.323 e. The molecule has 0 aromatic rings. The number of carboxylic acids is 1. The van der Waals surface area contributed by atoms with Gasteiger partial charge in [0.15, 0.2) is 0 Å². The zero-order valence-corrected chi connectivity index (χ0v) is 9.62. The molecule has 0 saturated carbocycles. The molecule has 0 heterocycles. The summed E-state index contributed by atoms with van der Waals surface area (Å²) in [5.41, 5.74) is 0. The Labute approximate surface area is 90.5 Å². The molecule has 1 amide bonds. The van der Waals surface area contributed by atoms with Crippen molar-refractivity contribution in [1.82, 2.24) is 10.2 Å². The van der Waals surface area contributed by atoms with Crippen molar-refractivity contribution in [2.24, 2.45) is 0 Å². The lowest BCUT2D eigenvalue weighted by Gasteiger charge is -2.24. The highest BCUT2D eigenvalue weighted by Crippen LogP contribution is 2.03. The van der Waals surface area contributed by atoms with Gasteiger partial charge in [-0.15, -0.1) is 0 Å². The van der Waals surface area contributed by atoms with E-state index in [4.69, 9.17) is 5.11 Å². The first-order valence-electron chi connectivity index (χ1n) is 5.15. The number of hydrogen-bond donors (Lipinski definition) is 2. The molecule has 0 aromatic carbocycles. The Kier molecular flexibility index (Phi) is 6.70. The summed E-state index contributed by atoms with van der Waals surface area (Å²) in [4.78, 5) is 23.6. The van der Waals surface area contributed by atoms with Gasteiger partial charge in [-0.1, -0.05) is 0 Å². The molecule has 0 rings (SSSR count). The van der Waals surface area contributed by atoms with Gasteiger partial charge in [-0.05, 0) is 33.9 Å². The summed E-state index contributed by atoms with van der Waals surface area (Å²) < 4.78 is 0. The van der Waals surface area contributed by atoms with Crippen LogP contribution in [0.5, 0.6) is 0 Å². The van der Waals surface area contributed by atoms with Crippen LogP contribution in [0, 0.1) is 0 Å². The van der Waals surface area contributed by atoms with Crippen LogP contribution in [0.4, 0.5) is 0 Å². The maximum absolute atomic E-state index is 11.6. The first kappa shape index (κ1) is 13.9. The third-order valence-corrected chi connectivity index (χ3v) is 2.07. The average Bonchev–Trinajstić information content (AvgIpc) is 2.13. The Morgan fingerprint density at radius 3 is 2.40 bits per heavy atom. The minimum Gasteiger partial charge on any atom is -0.480 e. The fourth-order valence-corrected chi connectivity index (χ4v) is 1.26. The molecule has 5 nitrogen and oxygen atoms in total. The molecule has 15 heavy (non-hydrogen) atoms. The normalized spacial score (nSPS) is 10.4.